The molecule has 10 heteroatoms. The monoisotopic (exact) mass is 473 g/mol. The number of carbonyl (C=O) groups is 2. The number of methoxy groups -OCH3 is 2. The summed E-state index contributed by atoms with van der Waals surface area (Å²) in [4.78, 5) is 23.5. The first-order valence-corrected chi connectivity index (χ1v) is 10.8. The molecule has 2 aliphatic heterocycles. The highest BCUT2D eigenvalue weighted by Crippen LogP contribution is 2.37. The van der Waals surface area contributed by atoms with E-state index < -0.39 is 42.9 Å². The third-order valence-corrected chi connectivity index (χ3v) is 5.66. The minimum atomic E-state index is -1.15. The van der Waals surface area contributed by atoms with E-state index in [0.717, 1.165) is 0 Å². The van der Waals surface area contributed by atoms with Crippen molar-refractivity contribution in [3.8, 4) is 11.5 Å². The van der Waals surface area contributed by atoms with Crippen molar-refractivity contribution in [1.82, 2.24) is 5.32 Å². The molecule has 0 saturated carbocycles. The molecule has 34 heavy (non-hydrogen) atoms. The molecule has 0 bridgehead atoms. The number of aliphatic hydroxyl groups is 1. The molecule has 1 amide bonds. The summed E-state index contributed by atoms with van der Waals surface area (Å²) in [5.41, 5.74) is 1.03. The maximum absolute atomic E-state index is 11.9. The average Bonchev–Trinajstić information content (AvgIpc) is 2.86. The zero-order valence-corrected chi connectivity index (χ0v) is 19.0. The van der Waals surface area contributed by atoms with E-state index in [4.69, 9.17) is 28.4 Å². The molecule has 10 nitrogen and oxygen atoms in total. The first-order valence-electron chi connectivity index (χ1n) is 10.8. The zero-order chi connectivity index (χ0) is 24.2. The second-order valence-electron chi connectivity index (χ2n) is 7.90. The van der Waals surface area contributed by atoms with Crippen LogP contribution in [0.3, 0.4) is 0 Å². The highest BCUT2D eigenvalue weighted by Gasteiger charge is 2.51. The van der Waals surface area contributed by atoms with E-state index in [1.165, 1.54) is 14.0 Å². The molecule has 182 valence electrons. The molecule has 6 atom stereocenters. The van der Waals surface area contributed by atoms with Crippen LogP contribution in [-0.2, 0) is 23.7 Å². The second kappa shape index (κ2) is 10.4. The third kappa shape index (κ3) is 5.00. The number of ether oxygens (including phenoxy) is 6. The van der Waals surface area contributed by atoms with Crippen LogP contribution in [-0.4, -0.2) is 68.5 Å². The summed E-state index contributed by atoms with van der Waals surface area (Å²) in [6.45, 7) is 1.46. The van der Waals surface area contributed by atoms with Gasteiger partial charge in [0.1, 0.15) is 35.9 Å². The van der Waals surface area contributed by atoms with Gasteiger partial charge in [-0.2, -0.15) is 0 Å². The van der Waals surface area contributed by atoms with Crippen molar-refractivity contribution >= 4 is 11.9 Å². The maximum atomic E-state index is 11.9. The summed E-state index contributed by atoms with van der Waals surface area (Å²) in [6.07, 6.45) is -4.40. The fraction of sp³-hybridized carbons (Fsp3) is 0.417. The number of carbonyl (C=O) groups excluding carboxylic acids is 2. The molecule has 2 heterocycles. The molecule has 4 rings (SSSR count). The van der Waals surface area contributed by atoms with Gasteiger partial charge >= 0.3 is 5.97 Å². The molecular weight excluding hydrogens is 446 g/mol. The Balaban J connectivity index is 1.52. The van der Waals surface area contributed by atoms with Crippen LogP contribution in [0.15, 0.2) is 48.5 Å². The lowest BCUT2D eigenvalue weighted by Gasteiger charge is -2.47. The van der Waals surface area contributed by atoms with Gasteiger partial charge in [0.25, 0.3) is 0 Å². The Morgan fingerprint density at radius 3 is 2.47 bits per heavy atom. The first-order chi connectivity index (χ1) is 16.4. The Morgan fingerprint density at radius 1 is 1.06 bits per heavy atom. The number of esters is 1. The second-order valence-corrected chi connectivity index (χ2v) is 7.90. The average molecular weight is 473 g/mol. The van der Waals surface area contributed by atoms with Crippen LogP contribution < -0.4 is 14.8 Å². The molecule has 2 saturated heterocycles. The van der Waals surface area contributed by atoms with Crippen LogP contribution in [0.5, 0.6) is 11.5 Å². The lowest BCUT2D eigenvalue weighted by molar-refractivity contribution is -0.333. The van der Waals surface area contributed by atoms with Crippen molar-refractivity contribution in [2.24, 2.45) is 0 Å². The smallest absolute Gasteiger partial charge is 0.337 e. The van der Waals surface area contributed by atoms with E-state index in [2.05, 4.69) is 5.32 Å². The maximum Gasteiger partial charge on any atom is 0.337 e. The fourth-order valence-electron chi connectivity index (χ4n) is 4.02. The number of rotatable bonds is 6. The Labute approximate surface area is 196 Å². The summed E-state index contributed by atoms with van der Waals surface area (Å²) in [5.74, 6) is 0.125. The van der Waals surface area contributed by atoms with Gasteiger partial charge in [-0.25, -0.2) is 4.79 Å². The standard InChI is InChI=1S/C24H27NO9/c1-13(26)25-19-20(27)21-18(12-31-23(34-21)16-6-4-5-7-17(16)29-2)33-24(19)32-15-10-8-14(9-11-15)22(28)30-3/h4-11,18-21,23-24,27H,12H2,1-3H3,(H,25,26). The van der Waals surface area contributed by atoms with E-state index in [0.29, 0.717) is 22.6 Å². The Morgan fingerprint density at radius 2 is 1.79 bits per heavy atom. The number of para-hydroxylation sites is 1. The summed E-state index contributed by atoms with van der Waals surface area (Å²) in [6, 6.07) is 12.6. The number of hydrogen-bond donors (Lipinski definition) is 2. The van der Waals surface area contributed by atoms with Gasteiger partial charge in [-0.1, -0.05) is 18.2 Å². The normalized spacial score (nSPS) is 28.4. The third-order valence-electron chi connectivity index (χ3n) is 5.66. The van der Waals surface area contributed by atoms with Gasteiger partial charge in [0.05, 0.1) is 26.4 Å². The van der Waals surface area contributed by atoms with Crippen LogP contribution in [0, 0.1) is 0 Å². The van der Waals surface area contributed by atoms with Crippen molar-refractivity contribution in [3.05, 3.63) is 59.7 Å². The molecule has 6 unspecified atom stereocenters. The molecule has 2 aromatic rings. The largest absolute Gasteiger partial charge is 0.496 e. The highest BCUT2D eigenvalue weighted by atomic mass is 16.7. The van der Waals surface area contributed by atoms with E-state index in [1.807, 2.05) is 18.2 Å². The van der Waals surface area contributed by atoms with Gasteiger partial charge in [0, 0.05) is 12.5 Å². The van der Waals surface area contributed by atoms with E-state index in [-0.39, 0.29) is 12.5 Å². The molecule has 0 spiro atoms. The predicted molar refractivity (Wildman–Crippen MR) is 117 cm³/mol. The fourth-order valence-corrected chi connectivity index (χ4v) is 4.02. The van der Waals surface area contributed by atoms with Crippen LogP contribution in [0.1, 0.15) is 29.1 Å². The molecule has 2 fully saturated rings. The molecule has 2 N–H and O–H groups in total. The Kier molecular flexibility index (Phi) is 7.32. The van der Waals surface area contributed by atoms with Crippen molar-refractivity contribution in [2.75, 3.05) is 20.8 Å². The van der Waals surface area contributed by atoms with E-state index in [1.54, 1.807) is 37.4 Å². The quantitative estimate of drug-likeness (QED) is 0.602. The zero-order valence-electron chi connectivity index (χ0n) is 19.0. The summed E-state index contributed by atoms with van der Waals surface area (Å²) < 4.78 is 34.0. The number of amides is 1. The number of aliphatic hydroxyl groups excluding tert-OH is 1. The van der Waals surface area contributed by atoms with Crippen molar-refractivity contribution in [1.29, 1.82) is 0 Å². The van der Waals surface area contributed by atoms with Crippen LogP contribution in [0.2, 0.25) is 0 Å². The highest BCUT2D eigenvalue weighted by molar-refractivity contribution is 5.89. The molecular formula is C24H27NO9. The van der Waals surface area contributed by atoms with Gasteiger partial charge in [-0.3, -0.25) is 4.79 Å². The van der Waals surface area contributed by atoms with Gasteiger partial charge in [-0.15, -0.1) is 0 Å². The van der Waals surface area contributed by atoms with E-state index in [9.17, 15) is 14.7 Å². The van der Waals surface area contributed by atoms with E-state index >= 15 is 0 Å². The molecule has 0 aromatic heterocycles. The first kappa shape index (κ1) is 24.0. The Hall–Kier alpha value is -3.18. The van der Waals surface area contributed by atoms with Crippen molar-refractivity contribution < 1.29 is 43.1 Å². The lowest BCUT2D eigenvalue weighted by Crippen LogP contribution is -2.67. The Bertz CT molecular complexity index is 1010. The number of hydrogen-bond acceptors (Lipinski definition) is 9. The number of benzene rings is 2. The lowest BCUT2D eigenvalue weighted by atomic mass is 9.95. The van der Waals surface area contributed by atoms with Crippen molar-refractivity contribution in [3.63, 3.8) is 0 Å². The van der Waals surface area contributed by atoms with Gasteiger partial charge < -0.3 is 38.8 Å². The summed E-state index contributed by atoms with van der Waals surface area (Å²) in [5, 5.41) is 13.8. The number of fused-ring (bicyclic) bond motifs is 1. The minimum Gasteiger partial charge on any atom is -0.496 e. The van der Waals surface area contributed by atoms with Crippen molar-refractivity contribution in [2.45, 2.75) is 43.9 Å². The van der Waals surface area contributed by atoms with Crippen LogP contribution in [0.4, 0.5) is 0 Å². The van der Waals surface area contributed by atoms with Crippen LogP contribution in [0.25, 0.3) is 0 Å². The number of nitrogens with one attached hydrogen (secondary N) is 1. The van der Waals surface area contributed by atoms with Gasteiger partial charge in [0.2, 0.25) is 12.2 Å². The molecule has 2 aromatic carbocycles. The molecule has 0 radical (unpaired) electrons. The van der Waals surface area contributed by atoms with Crippen LogP contribution >= 0.6 is 0 Å². The SMILES string of the molecule is COC(=O)c1ccc(OC2OC3COC(c4ccccc4OC)OC3C(O)C2NC(C)=O)cc1. The molecule has 2 aliphatic rings. The minimum absolute atomic E-state index is 0.123. The topological polar surface area (TPSA) is 122 Å². The van der Waals surface area contributed by atoms with Gasteiger partial charge in [-0.05, 0) is 30.3 Å². The van der Waals surface area contributed by atoms with Gasteiger partial charge in [0.15, 0.2) is 6.29 Å². The summed E-state index contributed by atoms with van der Waals surface area (Å²) >= 11 is 0. The predicted octanol–water partition coefficient (Wildman–Crippen LogP) is 1.57. The molecule has 0 aliphatic carbocycles. The summed E-state index contributed by atoms with van der Waals surface area (Å²) in [7, 11) is 2.85.